The molecule has 8 heteroatoms. The van der Waals surface area contributed by atoms with Crippen LogP contribution in [0, 0.1) is 0 Å². The van der Waals surface area contributed by atoms with E-state index in [1.165, 1.54) is 0 Å². The second-order valence-electron chi connectivity index (χ2n) is 3.21. The molecule has 0 saturated heterocycles. The van der Waals surface area contributed by atoms with Gasteiger partial charge in [-0.2, -0.15) is 22.0 Å². The molecule has 0 radical (unpaired) electrons. The van der Waals surface area contributed by atoms with E-state index in [4.69, 9.17) is 5.11 Å². The molecule has 100 valence electrons. The summed E-state index contributed by atoms with van der Waals surface area (Å²) in [6.07, 6.45) is -13.5. The number of aliphatic hydroxyl groups excluding tert-OH is 1. The molecule has 0 aliphatic carbocycles. The summed E-state index contributed by atoms with van der Waals surface area (Å²) in [4.78, 5) is 10.5. The second-order valence-corrected chi connectivity index (χ2v) is 3.21. The summed E-state index contributed by atoms with van der Waals surface area (Å²) in [7, 11) is 0. The largest absolute Gasteiger partial charge is 0.426 e. The molecule has 0 spiro atoms. The smallest absolute Gasteiger partial charge is 0.396 e. The van der Waals surface area contributed by atoms with E-state index in [1.54, 1.807) is 0 Å². The monoisotopic (exact) mass is 262 g/mol. The van der Waals surface area contributed by atoms with Crippen molar-refractivity contribution in [2.45, 2.75) is 37.7 Å². The lowest BCUT2D eigenvalue weighted by Crippen LogP contribution is -2.38. The van der Waals surface area contributed by atoms with E-state index in [2.05, 4.69) is 11.3 Å². The van der Waals surface area contributed by atoms with Gasteiger partial charge in [0.2, 0.25) is 0 Å². The molecule has 0 saturated carbocycles. The van der Waals surface area contributed by atoms with Gasteiger partial charge in [0.25, 0.3) is 0 Å². The molecule has 0 aliphatic rings. The normalized spacial score (nSPS) is 14.2. The van der Waals surface area contributed by atoms with Crippen molar-refractivity contribution in [2.24, 2.45) is 0 Å². The third kappa shape index (κ3) is 6.88. The van der Waals surface area contributed by atoms with Crippen LogP contribution in [0.25, 0.3) is 0 Å². The SMILES string of the molecule is C=CC(=O)OC(F)(F)C(O)CCCC(F)(F)F. The molecule has 1 unspecified atom stereocenters. The average Bonchev–Trinajstić information content (AvgIpc) is 2.14. The molecule has 1 N–H and O–H groups in total. The van der Waals surface area contributed by atoms with E-state index < -0.39 is 43.6 Å². The van der Waals surface area contributed by atoms with Crippen molar-refractivity contribution in [3.63, 3.8) is 0 Å². The Hall–Kier alpha value is -1.18. The number of alkyl halides is 5. The van der Waals surface area contributed by atoms with Crippen molar-refractivity contribution in [3.05, 3.63) is 12.7 Å². The van der Waals surface area contributed by atoms with Gasteiger partial charge in [-0.1, -0.05) is 6.58 Å². The number of aliphatic hydroxyl groups is 1. The molecular weight excluding hydrogens is 251 g/mol. The van der Waals surface area contributed by atoms with E-state index in [0.717, 1.165) is 0 Å². The van der Waals surface area contributed by atoms with Gasteiger partial charge >= 0.3 is 18.3 Å². The number of rotatable bonds is 6. The van der Waals surface area contributed by atoms with Crippen LogP contribution in [-0.2, 0) is 9.53 Å². The highest BCUT2D eigenvalue weighted by atomic mass is 19.4. The Bertz CT molecular complexity index is 274. The predicted octanol–water partition coefficient (Wildman–Crippen LogP) is 2.40. The van der Waals surface area contributed by atoms with E-state index in [1.807, 2.05) is 0 Å². The minimum atomic E-state index is -4.48. The number of carbonyl (C=O) groups excluding carboxylic acids is 1. The number of hydrogen-bond acceptors (Lipinski definition) is 3. The van der Waals surface area contributed by atoms with Crippen LogP contribution >= 0.6 is 0 Å². The summed E-state index contributed by atoms with van der Waals surface area (Å²) in [5, 5.41) is 8.89. The Labute approximate surface area is 93.9 Å². The van der Waals surface area contributed by atoms with Crippen molar-refractivity contribution in [3.8, 4) is 0 Å². The van der Waals surface area contributed by atoms with E-state index in [-0.39, 0.29) is 0 Å². The van der Waals surface area contributed by atoms with Gasteiger partial charge in [-0.3, -0.25) is 0 Å². The average molecular weight is 262 g/mol. The van der Waals surface area contributed by atoms with Crippen LogP contribution in [0.2, 0.25) is 0 Å². The van der Waals surface area contributed by atoms with Gasteiger partial charge in [-0.25, -0.2) is 4.79 Å². The molecule has 0 aromatic heterocycles. The zero-order valence-electron chi connectivity index (χ0n) is 8.64. The molecular formula is C9H11F5O3. The minimum Gasteiger partial charge on any atom is -0.396 e. The molecule has 1 atom stereocenters. The number of esters is 1. The van der Waals surface area contributed by atoms with Crippen molar-refractivity contribution < 1.29 is 36.6 Å². The quantitative estimate of drug-likeness (QED) is 0.454. The van der Waals surface area contributed by atoms with Crippen molar-refractivity contribution in [1.29, 1.82) is 0 Å². The standard InChI is InChI=1S/C9H11F5O3/c1-2-7(16)17-9(13,14)6(15)4-3-5-8(10,11)12/h2,6,15H,1,3-5H2. The maximum Gasteiger partial charge on any atom is 0.426 e. The fourth-order valence-electron chi connectivity index (χ4n) is 0.908. The van der Waals surface area contributed by atoms with Crippen LogP contribution in [-0.4, -0.2) is 29.5 Å². The molecule has 0 fully saturated rings. The van der Waals surface area contributed by atoms with Gasteiger partial charge in [0.05, 0.1) is 0 Å². The lowest BCUT2D eigenvalue weighted by atomic mass is 10.1. The Morgan fingerprint density at radius 2 is 1.88 bits per heavy atom. The summed E-state index contributed by atoms with van der Waals surface area (Å²) >= 11 is 0. The number of carbonyl (C=O) groups is 1. The lowest BCUT2D eigenvalue weighted by molar-refractivity contribution is -0.273. The second kappa shape index (κ2) is 5.95. The Kier molecular flexibility index (Phi) is 5.53. The summed E-state index contributed by atoms with van der Waals surface area (Å²) < 4.78 is 64.3. The third-order valence-electron chi connectivity index (χ3n) is 1.73. The summed E-state index contributed by atoms with van der Waals surface area (Å²) in [6.45, 7) is 2.86. The first kappa shape index (κ1) is 15.8. The van der Waals surface area contributed by atoms with Crippen molar-refractivity contribution >= 4 is 5.97 Å². The van der Waals surface area contributed by atoms with Crippen LogP contribution in [0.3, 0.4) is 0 Å². The highest BCUT2D eigenvalue weighted by Crippen LogP contribution is 2.27. The third-order valence-corrected chi connectivity index (χ3v) is 1.73. The van der Waals surface area contributed by atoms with Crippen LogP contribution < -0.4 is 0 Å². The van der Waals surface area contributed by atoms with Gasteiger partial charge in [0.1, 0.15) is 0 Å². The first-order chi connectivity index (χ1) is 7.58. The highest BCUT2D eigenvalue weighted by molar-refractivity contribution is 5.81. The first-order valence-electron chi connectivity index (χ1n) is 4.56. The molecule has 0 aromatic carbocycles. The summed E-state index contributed by atoms with van der Waals surface area (Å²) in [5.41, 5.74) is 0. The topological polar surface area (TPSA) is 46.5 Å². The van der Waals surface area contributed by atoms with Crippen LogP contribution in [0.5, 0.6) is 0 Å². The number of hydrogen-bond donors (Lipinski definition) is 1. The van der Waals surface area contributed by atoms with Gasteiger partial charge in [0, 0.05) is 12.5 Å². The molecule has 3 nitrogen and oxygen atoms in total. The molecule has 0 rings (SSSR count). The van der Waals surface area contributed by atoms with E-state index in [9.17, 15) is 26.7 Å². The number of ether oxygens (including phenoxy) is 1. The molecule has 0 aromatic rings. The molecule has 0 bridgehead atoms. The minimum absolute atomic E-state index is 0.455. The predicted molar refractivity (Wildman–Crippen MR) is 47.1 cm³/mol. The van der Waals surface area contributed by atoms with Crippen molar-refractivity contribution in [1.82, 2.24) is 0 Å². The summed E-state index contributed by atoms with van der Waals surface area (Å²) in [5.74, 6) is -1.47. The molecule has 0 aliphatic heterocycles. The molecule has 17 heavy (non-hydrogen) atoms. The van der Waals surface area contributed by atoms with Gasteiger partial charge < -0.3 is 9.84 Å². The van der Waals surface area contributed by atoms with Crippen LogP contribution in [0.15, 0.2) is 12.7 Å². The molecule has 0 amide bonds. The zero-order valence-corrected chi connectivity index (χ0v) is 8.64. The molecule has 0 heterocycles. The fourth-order valence-corrected chi connectivity index (χ4v) is 0.908. The highest BCUT2D eigenvalue weighted by Gasteiger charge is 2.42. The van der Waals surface area contributed by atoms with Gasteiger partial charge in [-0.05, 0) is 12.8 Å². The lowest BCUT2D eigenvalue weighted by Gasteiger charge is -2.21. The maximum atomic E-state index is 12.9. The Balaban J connectivity index is 4.15. The summed E-state index contributed by atoms with van der Waals surface area (Å²) in [6, 6.07) is 0. The maximum absolute atomic E-state index is 12.9. The number of halogens is 5. The van der Waals surface area contributed by atoms with Gasteiger partial charge in [0.15, 0.2) is 6.10 Å². The fraction of sp³-hybridized carbons (Fsp3) is 0.667. The van der Waals surface area contributed by atoms with E-state index in [0.29, 0.717) is 6.08 Å². The van der Waals surface area contributed by atoms with Gasteiger partial charge in [-0.15, -0.1) is 0 Å². The van der Waals surface area contributed by atoms with Crippen LogP contribution in [0.4, 0.5) is 22.0 Å². The zero-order chi connectivity index (χ0) is 13.7. The van der Waals surface area contributed by atoms with Crippen molar-refractivity contribution in [2.75, 3.05) is 0 Å². The Morgan fingerprint density at radius 3 is 2.29 bits per heavy atom. The Morgan fingerprint density at radius 1 is 1.35 bits per heavy atom. The first-order valence-corrected chi connectivity index (χ1v) is 4.56. The van der Waals surface area contributed by atoms with Crippen LogP contribution in [0.1, 0.15) is 19.3 Å². The van der Waals surface area contributed by atoms with E-state index >= 15 is 0 Å².